The van der Waals surface area contributed by atoms with E-state index in [1.54, 1.807) is 4.90 Å². The number of morpholine rings is 1. The van der Waals surface area contributed by atoms with Crippen molar-refractivity contribution in [3.8, 4) is 0 Å². The van der Waals surface area contributed by atoms with E-state index in [9.17, 15) is 14.4 Å². The molecule has 1 fully saturated rings. The molecule has 1 aliphatic heterocycles. The maximum Gasteiger partial charge on any atom is 0.265 e. The Morgan fingerprint density at radius 1 is 1.19 bits per heavy atom. The molecule has 0 bridgehead atoms. The summed E-state index contributed by atoms with van der Waals surface area (Å²) >= 11 is 0. The van der Waals surface area contributed by atoms with Crippen molar-refractivity contribution in [2.75, 3.05) is 26.3 Å². The van der Waals surface area contributed by atoms with Gasteiger partial charge in [-0.05, 0) is 30.6 Å². The Bertz CT molecular complexity index is 724. The highest BCUT2D eigenvalue weighted by Crippen LogP contribution is 2.34. The molecule has 1 saturated heterocycles. The topological polar surface area (TPSA) is 102 Å². The van der Waals surface area contributed by atoms with Gasteiger partial charge >= 0.3 is 0 Å². The lowest BCUT2D eigenvalue weighted by molar-refractivity contribution is -0.140. The zero-order valence-electron chi connectivity index (χ0n) is 19.5. The molecule has 1 aromatic rings. The van der Waals surface area contributed by atoms with Crippen LogP contribution >= 0.6 is 0 Å². The molecule has 0 saturated carbocycles. The zero-order chi connectivity index (χ0) is 23.0. The van der Waals surface area contributed by atoms with Gasteiger partial charge in [0, 0.05) is 25.4 Å². The van der Waals surface area contributed by atoms with E-state index in [2.05, 4.69) is 38.0 Å². The lowest BCUT2D eigenvalue weighted by Gasteiger charge is -2.33. The van der Waals surface area contributed by atoms with E-state index < -0.39 is 12.0 Å². The fourth-order valence-electron chi connectivity index (χ4n) is 4.40. The summed E-state index contributed by atoms with van der Waals surface area (Å²) in [6, 6.07) is -0.736. The number of nitrogens with zero attached hydrogens (tertiary/aromatic N) is 2. The van der Waals surface area contributed by atoms with E-state index in [4.69, 9.17) is 9.15 Å². The Labute approximate surface area is 185 Å². The molecule has 1 aromatic heterocycles. The van der Waals surface area contributed by atoms with Crippen LogP contribution in [0.5, 0.6) is 0 Å². The van der Waals surface area contributed by atoms with E-state index in [0.29, 0.717) is 45.1 Å². The molecule has 8 nitrogen and oxygen atoms in total. The number of carbonyl (C=O) groups is 3. The van der Waals surface area contributed by atoms with Crippen molar-refractivity contribution in [3.63, 3.8) is 0 Å². The second-order valence-corrected chi connectivity index (χ2v) is 9.53. The van der Waals surface area contributed by atoms with Gasteiger partial charge < -0.3 is 19.4 Å². The molecule has 2 rings (SSSR count). The van der Waals surface area contributed by atoms with E-state index >= 15 is 0 Å². The molecular formula is C23H37N3O5. The van der Waals surface area contributed by atoms with Gasteiger partial charge in [-0.15, -0.1) is 0 Å². The van der Waals surface area contributed by atoms with Gasteiger partial charge in [-0.25, -0.2) is 4.98 Å². The summed E-state index contributed by atoms with van der Waals surface area (Å²) in [5, 5.41) is 2.86. The van der Waals surface area contributed by atoms with E-state index in [0.717, 1.165) is 6.42 Å². The Morgan fingerprint density at radius 3 is 2.42 bits per heavy atom. The zero-order valence-corrected chi connectivity index (χ0v) is 19.5. The van der Waals surface area contributed by atoms with Crippen LogP contribution < -0.4 is 5.32 Å². The second kappa shape index (κ2) is 11.4. The molecule has 1 N–H and O–H groups in total. The standard InChI is InChI=1S/C23H37N3O5/c1-6-18(20(28)22-24-7-10-31-22)25-21(29)17(15-23(4,5)14-16(2)3)13-19(27)26-8-11-30-12-9-26/h7,10,16-18H,6,8-9,11-15H2,1-5H3,(H,25,29)/t17-,18+/m0/s1. The van der Waals surface area contributed by atoms with Gasteiger partial charge in [0.15, 0.2) is 0 Å². The number of oxazole rings is 1. The average molecular weight is 436 g/mol. The number of nitrogens with one attached hydrogen (secondary N) is 1. The van der Waals surface area contributed by atoms with Crippen molar-refractivity contribution >= 4 is 17.6 Å². The van der Waals surface area contributed by atoms with Crippen LogP contribution in [0.3, 0.4) is 0 Å². The van der Waals surface area contributed by atoms with Crippen LogP contribution in [0.25, 0.3) is 0 Å². The van der Waals surface area contributed by atoms with Crippen LogP contribution in [0.4, 0.5) is 0 Å². The molecule has 31 heavy (non-hydrogen) atoms. The lowest BCUT2D eigenvalue weighted by atomic mass is 9.75. The van der Waals surface area contributed by atoms with Gasteiger partial charge in [0.25, 0.3) is 5.89 Å². The van der Waals surface area contributed by atoms with Crippen LogP contribution in [0.15, 0.2) is 16.9 Å². The molecule has 0 aromatic carbocycles. The van der Waals surface area contributed by atoms with E-state index in [-0.39, 0.29) is 35.3 Å². The van der Waals surface area contributed by atoms with Gasteiger partial charge in [-0.2, -0.15) is 0 Å². The highest BCUT2D eigenvalue weighted by atomic mass is 16.5. The molecule has 0 spiro atoms. The molecule has 8 heteroatoms. The molecule has 2 heterocycles. The van der Waals surface area contributed by atoms with Crippen molar-refractivity contribution in [1.29, 1.82) is 0 Å². The van der Waals surface area contributed by atoms with Crippen molar-refractivity contribution in [3.05, 3.63) is 18.4 Å². The molecule has 174 valence electrons. The predicted molar refractivity (Wildman–Crippen MR) is 116 cm³/mol. The quantitative estimate of drug-likeness (QED) is 0.536. The van der Waals surface area contributed by atoms with Gasteiger partial charge in [-0.1, -0.05) is 34.6 Å². The average Bonchev–Trinajstić information content (AvgIpc) is 3.25. The Kier molecular flexibility index (Phi) is 9.22. The number of ether oxygens (including phenoxy) is 1. The third kappa shape index (κ3) is 7.76. The van der Waals surface area contributed by atoms with Crippen LogP contribution in [0, 0.1) is 17.3 Å². The molecule has 1 aliphatic rings. The SMILES string of the molecule is CC[C@@H](NC(=O)[C@@H](CC(=O)N1CCOCC1)CC(C)(C)CC(C)C)C(=O)c1ncco1. The van der Waals surface area contributed by atoms with Gasteiger partial charge in [-0.3, -0.25) is 14.4 Å². The van der Waals surface area contributed by atoms with Crippen molar-refractivity contribution in [2.45, 2.75) is 66.3 Å². The highest BCUT2D eigenvalue weighted by molar-refractivity contribution is 5.99. The van der Waals surface area contributed by atoms with Gasteiger partial charge in [0.2, 0.25) is 17.6 Å². The highest BCUT2D eigenvalue weighted by Gasteiger charge is 2.34. The van der Waals surface area contributed by atoms with Crippen molar-refractivity contribution in [2.24, 2.45) is 17.3 Å². The minimum absolute atomic E-state index is 0.0202. The maximum atomic E-state index is 13.3. The summed E-state index contributed by atoms with van der Waals surface area (Å²) < 4.78 is 10.4. The smallest absolute Gasteiger partial charge is 0.265 e. The first-order valence-corrected chi connectivity index (χ1v) is 11.2. The summed E-state index contributed by atoms with van der Waals surface area (Å²) in [5.74, 6) is -0.742. The normalized spacial score (nSPS) is 16.8. The molecule has 0 aliphatic carbocycles. The van der Waals surface area contributed by atoms with Crippen LogP contribution in [0.1, 0.15) is 71.0 Å². The summed E-state index contributed by atoms with van der Waals surface area (Å²) in [6.07, 6.45) is 4.77. The number of aromatic nitrogens is 1. The van der Waals surface area contributed by atoms with Crippen LogP contribution in [0.2, 0.25) is 0 Å². The number of hydrogen-bond donors (Lipinski definition) is 1. The molecule has 2 amide bonds. The Morgan fingerprint density at radius 2 is 1.87 bits per heavy atom. The third-order valence-electron chi connectivity index (χ3n) is 5.60. The Hall–Kier alpha value is -2.22. The summed E-state index contributed by atoms with van der Waals surface area (Å²) in [6.45, 7) is 12.5. The summed E-state index contributed by atoms with van der Waals surface area (Å²) in [4.78, 5) is 44.4. The number of rotatable bonds is 11. The van der Waals surface area contributed by atoms with Crippen molar-refractivity contribution in [1.82, 2.24) is 15.2 Å². The minimum Gasteiger partial charge on any atom is -0.442 e. The molecule has 0 radical (unpaired) electrons. The molecule has 0 unspecified atom stereocenters. The van der Waals surface area contributed by atoms with E-state index in [1.165, 1.54) is 12.5 Å². The summed E-state index contributed by atoms with van der Waals surface area (Å²) in [5.41, 5.74) is -0.115. The maximum absolute atomic E-state index is 13.3. The number of hydrogen-bond acceptors (Lipinski definition) is 6. The molecule has 2 atom stereocenters. The fraction of sp³-hybridized carbons (Fsp3) is 0.739. The second-order valence-electron chi connectivity index (χ2n) is 9.53. The van der Waals surface area contributed by atoms with Gasteiger partial charge in [0.05, 0.1) is 25.5 Å². The van der Waals surface area contributed by atoms with Crippen LogP contribution in [-0.4, -0.2) is 59.8 Å². The minimum atomic E-state index is -0.736. The number of Topliss-reactive ketones (excluding diaryl/α,β-unsaturated/α-hetero) is 1. The van der Waals surface area contributed by atoms with Crippen molar-refractivity contribution < 1.29 is 23.5 Å². The largest absolute Gasteiger partial charge is 0.442 e. The summed E-state index contributed by atoms with van der Waals surface area (Å²) in [7, 11) is 0. The monoisotopic (exact) mass is 435 g/mol. The first kappa shape index (κ1) is 25.0. The number of carbonyl (C=O) groups excluding carboxylic acids is 3. The fourth-order valence-corrected chi connectivity index (χ4v) is 4.40. The lowest BCUT2D eigenvalue weighted by Crippen LogP contribution is -2.47. The first-order chi connectivity index (χ1) is 14.6. The number of amides is 2. The first-order valence-electron chi connectivity index (χ1n) is 11.2. The predicted octanol–water partition coefficient (Wildman–Crippen LogP) is 3.08. The van der Waals surface area contributed by atoms with Crippen LogP contribution in [-0.2, 0) is 14.3 Å². The van der Waals surface area contributed by atoms with E-state index in [1.807, 2.05) is 6.92 Å². The molecular weight excluding hydrogens is 398 g/mol. The Balaban J connectivity index is 2.13. The number of ketones is 1. The third-order valence-corrected chi connectivity index (χ3v) is 5.60. The van der Waals surface area contributed by atoms with Gasteiger partial charge in [0.1, 0.15) is 6.26 Å².